The minimum absolute atomic E-state index is 0.158. The van der Waals surface area contributed by atoms with Gasteiger partial charge in [-0.3, -0.25) is 4.79 Å². The molecule has 3 aromatic rings. The van der Waals surface area contributed by atoms with E-state index in [9.17, 15) is 13.6 Å². The molecule has 2 heterocycles. The van der Waals surface area contributed by atoms with Crippen molar-refractivity contribution in [1.82, 2.24) is 20.1 Å². The van der Waals surface area contributed by atoms with Crippen LogP contribution in [0.4, 0.5) is 8.78 Å². The Morgan fingerprint density at radius 2 is 2.27 bits per heavy atom. The van der Waals surface area contributed by atoms with E-state index in [-0.39, 0.29) is 18.1 Å². The number of aromatic nitrogens is 3. The first-order chi connectivity index (χ1) is 12.6. The molecule has 1 aromatic carbocycles. The van der Waals surface area contributed by atoms with Crippen LogP contribution in [0.1, 0.15) is 39.8 Å². The summed E-state index contributed by atoms with van der Waals surface area (Å²) in [6.45, 7) is 0.217. The minimum atomic E-state index is -0.700. The normalized spacial score (nSPS) is 19.9. The molecule has 1 amide bonds. The van der Waals surface area contributed by atoms with E-state index in [1.807, 2.05) is 0 Å². The fourth-order valence-electron chi connectivity index (χ4n) is 3.71. The number of carbonyl (C=O) groups is 1. The third-order valence-corrected chi connectivity index (χ3v) is 5.03. The molecule has 1 fully saturated rings. The second kappa shape index (κ2) is 5.48. The summed E-state index contributed by atoms with van der Waals surface area (Å²) in [5.41, 5.74) is 2.77. The van der Waals surface area contributed by atoms with E-state index in [4.69, 9.17) is 4.42 Å². The van der Waals surface area contributed by atoms with Gasteiger partial charge in [0.1, 0.15) is 17.8 Å². The fraction of sp³-hybridized carbons (Fsp3) is 0.278. The number of fused-ring (bicyclic) bond motifs is 3. The predicted molar refractivity (Wildman–Crippen MR) is 85.7 cm³/mol. The first-order valence-corrected chi connectivity index (χ1v) is 8.34. The lowest BCUT2D eigenvalue weighted by atomic mass is 10.1. The lowest BCUT2D eigenvalue weighted by Crippen LogP contribution is -2.24. The topological polar surface area (TPSA) is 73.0 Å². The Morgan fingerprint density at radius 3 is 3.04 bits per heavy atom. The Bertz CT molecular complexity index is 1010. The molecule has 6 nitrogen and oxygen atoms in total. The van der Waals surface area contributed by atoms with Crippen LogP contribution in [0, 0.1) is 17.6 Å². The highest BCUT2D eigenvalue weighted by Crippen LogP contribution is 2.57. The van der Waals surface area contributed by atoms with Crippen molar-refractivity contribution in [2.24, 2.45) is 5.92 Å². The summed E-state index contributed by atoms with van der Waals surface area (Å²) in [5, 5.41) is 7.13. The van der Waals surface area contributed by atoms with Crippen molar-refractivity contribution in [3.8, 4) is 5.69 Å². The van der Waals surface area contributed by atoms with Crippen LogP contribution in [-0.2, 0) is 13.0 Å². The minimum Gasteiger partial charge on any atom is -0.451 e. The van der Waals surface area contributed by atoms with Gasteiger partial charge in [-0.15, -0.1) is 0 Å². The van der Waals surface area contributed by atoms with Crippen LogP contribution in [0.5, 0.6) is 0 Å². The second-order valence-corrected chi connectivity index (χ2v) is 6.69. The number of hydrogen-bond donors (Lipinski definition) is 1. The van der Waals surface area contributed by atoms with E-state index in [1.54, 1.807) is 0 Å². The van der Waals surface area contributed by atoms with Crippen molar-refractivity contribution < 1.29 is 18.0 Å². The van der Waals surface area contributed by atoms with Crippen molar-refractivity contribution in [2.75, 3.05) is 0 Å². The lowest BCUT2D eigenvalue weighted by molar-refractivity contribution is 0.0944. The molecule has 0 saturated heterocycles. The summed E-state index contributed by atoms with van der Waals surface area (Å²) in [6.07, 6.45) is 4.52. The molecule has 132 valence electrons. The van der Waals surface area contributed by atoms with Gasteiger partial charge in [-0.2, -0.15) is 5.10 Å². The summed E-state index contributed by atoms with van der Waals surface area (Å²) in [4.78, 5) is 16.6. The molecule has 2 aliphatic carbocycles. The van der Waals surface area contributed by atoms with Crippen LogP contribution in [-0.4, -0.2) is 20.7 Å². The lowest BCUT2D eigenvalue weighted by Gasteiger charge is -2.07. The van der Waals surface area contributed by atoms with Gasteiger partial charge in [0.15, 0.2) is 17.9 Å². The first kappa shape index (κ1) is 15.2. The first-order valence-electron chi connectivity index (χ1n) is 8.34. The van der Waals surface area contributed by atoms with Gasteiger partial charge in [0.2, 0.25) is 0 Å². The molecule has 2 aliphatic rings. The molecule has 1 saturated carbocycles. The smallest absolute Gasteiger partial charge is 0.272 e. The number of rotatable bonds is 4. The number of amides is 1. The maximum atomic E-state index is 14.3. The van der Waals surface area contributed by atoms with Crippen LogP contribution < -0.4 is 5.32 Å². The van der Waals surface area contributed by atoms with Crippen LogP contribution in [0.15, 0.2) is 35.3 Å². The van der Waals surface area contributed by atoms with E-state index in [0.29, 0.717) is 23.2 Å². The quantitative estimate of drug-likeness (QED) is 0.780. The molecule has 0 aliphatic heterocycles. The molecule has 5 rings (SSSR count). The average molecular weight is 356 g/mol. The number of benzene rings is 1. The Hall–Kier alpha value is -3.03. The molecule has 0 spiro atoms. The fourth-order valence-corrected chi connectivity index (χ4v) is 3.71. The van der Waals surface area contributed by atoms with Crippen LogP contribution in [0.2, 0.25) is 0 Å². The van der Waals surface area contributed by atoms with E-state index in [2.05, 4.69) is 15.4 Å². The predicted octanol–water partition coefficient (Wildman–Crippen LogP) is 2.73. The SMILES string of the molecule is O=C(NCc1cocn1)c1nn(-c2ccc(F)cc2F)c2c1C[C@H]1C[C@@H]21. The molecule has 0 bridgehead atoms. The Balaban J connectivity index is 1.51. The molecular weight excluding hydrogens is 342 g/mol. The van der Waals surface area contributed by atoms with Gasteiger partial charge in [-0.05, 0) is 30.9 Å². The molecule has 2 atom stereocenters. The number of oxazole rings is 1. The van der Waals surface area contributed by atoms with Crippen molar-refractivity contribution in [3.63, 3.8) is 0 Å². The van der Waals surface area contributed by atoms with Crippen molar-refractivity contribution in [2.45, 2.75) is 25.3 Å². The molecule has 2 aromatic heterocycles. The second-order valence-electron chi connectivity index (χ2n) is 6.69. The van der Waals surface area contributed by atoms with E-state index < -0.39 is 11.6 Å². The maximum Gasteiger partial charge on any atom is 0.272 e. The van der Waals surface area contributed by atoms with Crippen LogP contribution >= 0.6 is 0 Å². The van der Waals surface area contributed by atoms with Gasteiger partial charge in [0.05, 0.1) is 17.9 Å². The van der Waals surface area contributed by atoms with Crippen molar-refractivity contribution in [3.05, 3.63) is 65.1 Å². The highest BCUT2D eigenvalue weighted by molar-refractivity contribution is 5.94. The standard InChI is InChI=1S/C18H14F2N4O2/c19-10-1-2-15(14(20)5-10)24-17-12-3-9(12)4-13(17)16(23-24)18(25)21-6-11-7-26-8-22-11/h1-2,5,7-9,12H,3-4,6H2,(H,21,25)/t9-,12-/m1/s1. The molecule has 26 heavy (non-hydrogen) atoms. The van der Waals surface area contributed by atoms with Gasteiger partial charge >= 0.3 is 0 Å². The average Bonchev–Trinajstić information content (AvgIpc) is 3.01. The number of nitrogens with zero attached hydrogens (tertiary/aromatic N) is 3. The van der Waals surface area contributed by atoms with Crippen LogP contribution in [0.3, 0.4) is 0 Å². The number of carbonyl (C=O) groups excluding carboxylic acids is 1. The summed E-state index contributed by atoms with van der Waals surface area (Å²) in [6, 6.07) is 3.37. The number of halogens is 2. The highest BCUT2D eigenvalue weighted by atomic mass is 19.1. The summed E-state index contributed by atoms with van der Waals surface area (Å²) < 4.78 is 33.9. The van der Waals surface area contributed by atoms with Crippen molar-refractivity contribution >= 4 is 5.91 Å². The number of nitrogens with one attached hydrogen (secondary N) is 1. The summed E-state index contributed by atoms with van der Waals surface area (Å²) in [5.74, 6) is -0.912. The van der Waals surface area contributed by atoms with Gasteiger partial charge in [0.25, 0.3) is 5.91 Å². The zero-order valence-corrected chi connectivity index (χ0v) is 13.6. The molecular formula is C18H14F2N4O2. The maximum absolute atomic E-state index is 14.3. The van der Waals surface area contributed by atoms with Gasteiger partial charge in [0, 0.05) is 17.5 Å². The Labute approximate surface area is 146 Å². The van der Waals surface area contributed by atoms with E-state index >= 15 is 0 Å². The largest absolute Gasteiger partial charge is 0.451 e. The Kier molecular flexibility index (Phi) is 3.22. The summed E-state index contributed by atoms with van der Waals surface area (Å²) >= 11 is 0. The monoisotopic (exact) mass is 356 g/mol. The molecule has 8 heteroatoms. The van der Waals surface area contributed by atoms with Gasteiger partial charge in [-0.1, -0.05) is 0 Å². The number of hydrogen-bond acceptors (Lipinski definition) is 4. The van der Waals surface area contributed by atoms with Gasteiger partial charge < -0.3 is 9.73 Å². The van der Waals surface area contributed by atoms with Crippen LogP contribution in [0.25, 0.3) is 5.69 Å². The van der Waals surface area contributed by atoms with E-state index in [0.717, 1.165) is 30.2 Å². The zero-order chi connectivity index (χ0) is 17.8. The third kappa shape index (κ3) is 2.33. The zero-order valence-electron chi connectivity index (χ0n) is 13.6. The molecule has 1 N–H and O–H groups in total. The molecule has 0 unspecified atom stereocenters. The highest BCUT2D eigenvalue weighted by Gasteiger charge is 2.50. The summed E-state index contributed by atoms with van der Waals surface area (Å²) in [7, 11) is 0. The van der Waals surface area contributed by atoms with Crippen molar-refractivity contribution in [1.29, 1.82) is 0 Å². The molecule has 0 radical (unpaired) electrons. The Morgan fingerprint density at radius 1 is 1.38 bits per heavy atom. The van der Waals surface area contributed by atoms with Gasteiger partial charge in [-0.25, -0.2) is 18.4 Å². The van der Waals surface area contributed by atoms with E-state index in [1.165, 1.54) is 29.5 Å². The third-order valence-electron chi connectivity index (χ3n) is 5.03.